The number of likely N-dealkylation sites (tertiary alicyclic amines) is 1. The second kappa shape index (κ2) is 4.68. The van der Waals surface area contributed by atoms with Crippen LogP contribution in [0.3, 0.4) is 0 Å². The van der Waals surface area contributed by atoms with Crippen LogP contribution in [0.1, 0.15) is 47.8 Å². The van der Waals surface area contributed by atoms with Crippen molar-refractivity contribution >= 4 is 5.91 Å². The van der Waals surface area contributed by atoms with Crippen molar-refractivity contribution in [2.24, 2.45) is 0 Å². The third kappa shape index (κ3) is 2.26. The van der Waals surface area contributed by atoms with Crippen molar-refractivity contribution in [1.82, 2.24) is 9.88 Å². The van der Waals surface area contributed by atoms with E-state index < -0.39 is 0 Å². The van der Waals surface area contributed by atoms with E-state index >= 15 is 0 Å². The fraction of sp³-hybridized carbons (Fsp3) is 0.667. The van der Waals surface area contributed by atoms with E-state index in [-0.39, 0.29) is 5.91 Å². The smallest absolute Gasteiger partial charge is 0.291 e. The molecule has 0 saturated carbocycles. The van der Waals surface area contributed by atoms with Crippen molar-refractivity contribution < 1.29 is 9.21 Å². The summed E-state index contributed by atoms with van der Waals surface area (Å²) in [6.07, 6.45) is 4.63. The summed E-state index contributed by atoms with van der Waals surface area (Å²) < 4.78 is 5.37. The van der Waals surface area contributed by atoms with Crippen LogP contribution in [-0.4, -0.2) is 28.9 Å². The van der Waals surface area contributed by atoms with Gasteiger partial charge in [-0.1, -0.05) is 12.8 Å². The number of aryl methyl sites for hydroxylation is 2. The molecule has 4 nitrogen and oxygen atoms in total. The molecule has 88 valence electrons. The highest BCUT2D eigenvalue weighted by molar-refractivity contribution is 5.92. The number of hydrogen-bond donors (Lipinski definition) is 0. The molecule has 1 fully saturated rings. The van der Waals surface area contributed by atoms with Crippen molar-refractivity contribution in [2.75, 3.05) is 13.1 Å². The summed E-state index contributed by atoms with van der Waals surface area (Å²) in [6.45, 7) is 5.28. The Bertz CT molecular complexity index is 376. The summed E-state index contributed by atoms with van der Waals surface area (Å²) in [6, 6.07) is 0. The number of carbonyl (C=O) groups is 1. The van der Waals surface area contributed by atoms with Gasteiger partial charge in [-0.15, -0.1) is 0 Å². The lowest BCUT2D eigenvalue weighted by Gasteiger charge is -2.18. The molecule has 0 spiro atoms. The SMILES string of the molecule is Cc1nc(C)c(C(=O)N2CCCCCC2)o1. The normalized spacial score (nSPS) is 17.2. The number of hydrogen-bond acceptors (Lipinski definition) is 3. The molecule has 0 bridgehead atoms. The molecular weight excluding hydrogens is 204 g/mol. The van der Waals surface area contributed by atoms with Gasteiger partial charge in [0.25, 0.3) is 5.91 Å². The Hall–Kier alpha value is -1.32. The molecule has 0 aliphatic carbocycles. The van der Waals surface area contributed by atoms with E-state index in [1.165, 1.54) is 12.8 Å². The Balaban J connectivity index is 2.14. The van der Waals surface area contributed by atoms with Gasteiger partial charge in [-0.05, 0) is 19.8 Å². The molecule has 1 aliphatic heterocycles. The van der Waals surface area contributed by atoms with E-state index in [4.69, 9.17) is 4.42 Å². The molecule has 2 heterocycles. The molecule has 1 aromatic heterocycles. The number of oxazole rings is 1. The van der Waals surface area contributed by atoms with E-state index in [0.717, 1.165) is 25.9 Å². The highest BCUT2D eigenvalue weighted by Gasteiger charge is 2.22. The van der Waals surface area contributed by atoms with Crippen LogP contribution in [0, 0.1) is 13.8 Å². The van der Waals surface area contributed by atoms with E-state index in [0.29, 0.717) is 17.3 Å². The molecular formula is C12H18N2O2. The zero-order valence-corrected chi connectivity index (χ0v) is 9.95. The molecule has 1 aromatic rings. The maximum atomic E-state index is 12.2. The van der Waals surface area contributed by atoms with Gasteiger partial charge in [-0.2, -0.15) is 0 Å². The average Bonchev–Trinajstić information content (AvgIpc) is 2.49. The summed E-state index contributed by atoms with van der Waals surface area (Å²) in [5.41, 5.74) is 0.701. The predicted octanol–water partition coefficient (Wildman–Crippen LogP) is 2.31. The highest BCUT2D eigenvalue weighted by Crippen LogP contribution is 2.16. The Morgan fingerprint density at radius 3 is 2.31 bits per heavy atom. The maximum Gasteiger partial charge on any atom is 0.291 e. The fourth-order valence-corrected chi connectivity index (χ4v) is 2.15. The third-order valence-corrected chi connectivity index (χ3v) is 2.99. The first-order valence-electron chi connectivity index (χ1n) is 5.92. The monoisotopic (exact) mass is 222 g/mol. The number of nitrogens with zero attached hydrogens (tertiary/aromatic N) is 2. The average molecular weight is 222 g/mol. The number of rotatable bonds is 1. The van der Waals surface area contributed by atoms with Gasteiger partial charge in [0.05, 0.1) is 5.69 Å². The van der Waals surface area contributed by atoms with Gasteiger partial charge in [-0.3, -0.25) is 4.79 Å². The van der Waals surface area contributed by atoms with Crippen LogP contribution < -0.4 is 0 Å². The van der Waals surface area contributed by atoms with Crippen molar-refractivity contribution in [2.45, 2.75) is 39.5 Å². The first-order valence-corrected chi connectivity index (χ1v) is 5.92. The molecule has 0 aromatic carbocycles. The van der Waals surface area contributed by atoms with Crippen LogP contribution in [0.2, 0.25) is 0 Å². The standard InChI is InChI=1S/C12H18N2O2/c1-9-11(16-10(2)13-9)12(15)14-7-5-3-4-6-8-14/h3-8H2,1-2H3. The van der Waals surface area contributed by atoms with Gasteiger partial charge < -0.3 is 9.32 Å². The molecule has 1 aliphatic rings. The summed E-state index contributed by atoms with van der Waals surface area (Å²) in [7, 11) is 0. The van der Waals surface area contributed by atoms with Crippen LogP contribution in [0.15, 0.2) is 4.42 Å². The van der Waals surface area contributed by atoms with Crippen LogP contribution in [0.4, 0.5) is 0 Å². The van der Waals surface area contributed by atoms with E-state index in [1.807, 2.05) is 11.8 Å². The van der Waals surface area contributed by atoms with Crippen molar-refractivity contribution in [3.63, 3.8) is 0 Å². The van der Waals surface area contributed by atoms with Gasteiger partial charge in [0, 0.05) is 20.0 Å². The third-order valence-electron chi connectivity index (χ3n) is 2.99. The summed E-state index contributed by atoms with van der Waals surface area (Å²) in [4.78, 5) is 18.2. The number of amides is 1. The van der Waals surface area contributed by atoms with Gasteiger partial charge in [-0.25, -0.2) is 4.98 Å². The first-order chi connectivity index (χ1) is 7.68. The van der Waals surface area contributed by atoms with Crippen molar-refractivity contribution in [3.8, 4) is 0 Å². The molecule has 0 atom stereocenters. The summed E-state index contributed by atoms with van der Waals surface area (Å²) in [5.74, 6) is 0.982. The second-order valence-corrected chi connectivity index (χ2v) is 4.35. The lowest BCUT2D eigenvalue weighted by Crippen LogP contribution is -2.31. The molecule has 4 heteroatoms. The molecule has 0 N–H and O–H groups in total. The minimum atomic E-state index is 0.000000000000000444. The van der Waals surface area contributed by atoms with E-state index in [1.54, 1.807) is 6.92 Å². The topological polar surface area (TPSA) is 46.3 Å². The Morgan fingerprint density at radius 1 is 1.19 bits per heavy atom. The minimum absolute atomic E-state index is 0.000000000000000444. The molecule has 1 saturated heterocycles. The highest BCUT2D eigenvalue weighted by atomic mass is 16.4. The van der Waals surface area contributed by atoms with Gasteiger partial charge >= 0.3 is 0 Å². The number of aromatic nitrogens is 1. The molecule has 0 unspecified atom stereocenters. The number of carbonyl (C=O) groups excluding carboxylic acids is 1. The maximum absolute atomic E-state index is 12.2. The second-order valence-electron chi connectivity index (χ2n) is 4.35. The largest absolute Gasteiger partial charge is 0.436 e. The lowest BCUT2D eigenvalue weighted by atomic mass is 10.2. The first kappa shape index (κ1) is 11.2. The molecule has 1 amide bonds. The fourth-order valence-electron chi connectivity index (χ4n) is 2.15. The van der Waals surface area contributed by atoms with Crippen LogP contribution in [-0.2, 0) is 0 Å². The van der Waals surface area contributed by atoms with E-state index in [9.17, 15) is 4.79 Å². The Morgan fingerprint density at radius 2 is 1.81 bits per heavy atom. The molecule has 0 radical (unpaired) electrons. The zero-order valence-electron chi connectivity index (χ0n) is 9.95. The van der Waals surface area contributed by atoms with Crippen LogP contribution in [0.25, 0.3) is 0 Å². The van der Waals surface area contributed by atoms with Gasteiger partial charge in [0.2, 0.25) is 5.76 Å². The predicted molar refractivity (Wildman–Crippen MR) is 60.3 cm³/mol. The van der Waals surface area contributed by atoms with Gasteiger partial charge in [0.1, 0.15) is 0 Å². The van der Waals surface area contributed by atoms with Crippen LogP contribution >= 0.6 is 0 Å². The van der Waals surface area contributed by atoms with Crippen molar-refractivity contribution in [3.05, 3.63) is 17.3 Å². The zero-order chi connectivity index (χ0) is 11.5. The molecule has 2 rings (SSSR count). The Kier molecular flexibility index (Phi) is 3.27. The molecule has 16 heavy (non-hydrogen) atoms. The quantitative estimate of drug-likeness (QED) is 0.732. The van der Waals surface area contributed by atoms with Crippen LogP contribution in [0.5, 0.6) is 0 Å². The summed E-state index contributed by atoms with van der Waals surface area (Å²) in [5, 5.41) is 0. The van der Waals surface area contributed by atoms with Gasteiger partial charge in [0.15, 0.2) is 5.89 Å². The van der Waals surface area contributed by atoms with E-state index in [2.05, 4.69) is 4.98 Å². The lowest BCUT2D eigenvalue weighted by molar-refractivity contribution is 0.0727. The minimum Gasteiger partial charge on any atom is -0.436 e. The summed E-state index contributed by atoms with van der Waals surface area (Å²) >= 11 is 0. The Labute approximate surface area is 95.6 Å². The van der Waals surface area contributed by atoms with Crippen molar-refractivity contribution in [1.29, 1.82) is 0 Å².